The third-order valence-electron chi connectivity index (χ3n) is 2.19. The van der Waals surface area contributed by atoms with E-state index in [1.807, 2.05) is 20.8 Å². The van der Waals surface area contributed by atoms with E-state index in [2.05, 4.69) is 30.2 Å². The minimum absolute atomic E-state index is 0.0377. The lowest BCUT2D eigenvalue weighted by molar-refractivity contribution is 0.222. The molecule has 0 unspecified atom stereocenters. The van der Waals surface area contributed by atoms with Crippen molar-refractivity contribution in [2.45, 2.75) is 33.4 Å². The van der Waals surface area contributed by atoms with Crippen LogP contribution < -0.4 is 10.1 Å². The third kappa shape index (κ3) is 4.27. The van der Waals surface area contributed by atoms with Gasteiger partial charge in [-0.2, -0.15) is 15.0 Å². The van der Waals surface area contributed by atoms with Crippen molar-refractivity contribution in [2.75, 3.05) is 5.32 Å². The lowest BCUT2D eigenvalue weighted by atomic mass is 10.4. The summed E-state index contributed by atoms with van der Waals surface area (Å²) in [5.74, 6) is 0.336. The first kappa shape index (κ1) is 14.4. The maximum absolute atomic E-state index is 5.83. The Hall–Kier alpha value is -2.02. The SMILES string of the molecule is Cc1cnc(CNc2nc(Cl)nc(OC(C)C)n2)cn1. The van der Waals surface area contributed by atoms with Gasteiger partial charge < -0.3 is 10.1 Å². The van der Waals surface area contributed by atoms with Gasteiger partial charge in [0.1, 0.15) is 0 Å². The van der Waals surface area contributed by atoms with Crippen molar-refractivity contribution < 1.29 is 4.74 Å². The van der Waals surface area contributed by atoms with E-state index >= 15 is 0 Å². The fraction of sp³-hybridized carbons (Fsp3) is 0.417. The molecule has 0 saturated carbocycles. The van der Waals surface area contributed by atoms with Gasteiger partial charge in [0.15, 0.2) is 0 Å². The largest absolute Gasteiger partial charge is 0.461 e. The van der Waals surface area contributed by atoms with E-state index in [0.717, 1.165) is 11.4 Å². The summed E-state index contributed by atoms with van der Waals surface area (Å²) in [6.45, 7) is 6.08. The normalized spacial score (nSPS) is 10.7. The minimum atomic E-state index is -0.0377. The smallest absolute Gasteiger partial charge is 0.322 e. The van der Waals surface area contributed by atoms with Gasteiger partial charge in [-0.3, -0.25) is 9.97 Å². The number of nitrogens with zero attached hydrogens (tertiary/aromatic N) is 5. The second-order valence-corrected chi connectivity index (χ2v) is 4.72. The number of ether oxygens (including phenoxy) is 1. The van der Waals surface area contributed by atoms with Crippen LogP contribution in [0.2, 0.25) is 5.28 Å². The molecule has 7 nitrogen and oxygen atoms in total. The van der Waals surface area contributed by atoms with Crippen molar-refractivity contribution >= 4 is 17.5 Å². The van der Waals surface area contributed by atoms with E-state index < -0.39 is 0 Å². The monoisotopic (exact) mass is 294 g/mol. The molecule has 0 aromatic carbocycles. The summed E-state index contributed by atoms with van der Waals surface area (Å²) in [4.78, 5) is 20.4. The number of aryl methyl sites for hydroxylation is 1. The summed E-state index contributed by atoms with van der Waals surface area (Å²) in [5.41, 5.74) is 1.64. The Morgan fingerprint density at radius 3 is 2.65 bits per heavy atom. The van der Waals surface area contributed by atoms with Crippen LogP contribution in [0.5, 0.6) is 6.01 Å². The summed E-state index contributed by atoms with van der Waals surface area (Å²) >= 11 is 5.83. The van der Waals surface area contributed by atoms with Gasteiger partial charge in [0.25, 0.3) is 0 Å². The molecular weight excluding hydrogens is 280 g/mol. The van der Waals surface area contributed by atoms with Crippen LogP contribution in [-0.2, 0) is 6.54 Å². The molecule has 8 heteroatoms. The first-order valence-electron chi connectivity index (χ1n) is 6.12. The highest BCUT2D eigenvalue weighted by Crippen LogP contribution is 2.13. The topological polar surface area (TPSA) is 85.7 Å². The zero-order chi connectivity index (χ0) is 14.5. The van der Waals surface area contributed by atoms with Crippen LogP contribution in [0.4, 0.5) is 5.95 Å². The van der Waals surface area contributed by atoms with Crippen molar-refractivity contribution in [3.63, 3.8) is 0 Å². The molecule has 0 aliphatic rings. The predicted octanol–water partition coefficient (Wildman–Crippen LogP) is 2.02. The molecule has 106 valence electrons. The Balaban J connectivity index is 2.05. The summed E-state index contributed by atoms with van der Waals surface area (Å²) in [6.07, 6.45) is 3.35. The predicted molar refractivity (Wildman–Crippen MR) is 74.7 cm³/mol. The molecule has 20 heavy (non-hydrogen) atoms. The van der Waals surface area contributed by atoms with Gasteiger partial charge in [-0.15, -0.1) is 0 Å². The average Bonchev–Trinajstić information content (AvgIpc) is 2.36. The number of hydrogen-bond acceptors (Lipinski definition) is 7. The maximum atomic E-state index is 5.83. The summed E-state index contributed by atoms with van der Waals surface area (Å²) < 4.78 is 5.39. The van der Waals surface area contributed by atoms with Crippen LogP contribution in [-0.4, -0.2) is 31.0 Å². The van der Waals surface area contributed by atoms with Crippen LogP contribution in [0.3, 0.4) is 0 Å². The third-order valence-corrected chi connectivity index (χ3v) is 2.36. The van der Waals surface area contributed by atoms with Gasteiger partial charge in [0, 0.05) is 6.20 Å². The van der Waals surface area contributed by atoms with Crippen molar-refractivity contribution in [3.8, 4) is 6.01 Å². The molecule has 0 fully saturated rings. The summed E-state index contributed by atoms with van der Waals surface area (Å²) in [6, 6.07) is 0.192. The maximum Gasteiger partial charge on any atom is 0.322 e. The van der Waals surface area contributed by atoms with E-state index in [1.165, 1.54) is 0 Å². The van der Waals surface area contributed by atoms with Crippen LogP contribution in [0.25, 0.3) is 0 Å². The highest BCUT2D eigenvalue weighted by Gasteiger charge is 2.07. The first-order chi connectivity index (χ1) is 9.52. The van der Waals surface area contributed by atoms with E-state index in [0.29, 0.717) is 12.5 Å². The second-order valence-electron chi connectivity index (χ2n) is 4.38. The molecule has 0 aliphatic carbocycles. The highest BCUT2D eigenvalue weighted by atomic mass is 35.5. The molecule has 1 N–H and O–H groups in total. The first-order valence-corrected chi connectivity index (χ1v) is 6.50. The van der Waals surface area contributed by atoms with E-state index in [9.17, 15) is 0 Å². The molecular formula is C12H15ClN6O. The molecule has 0 saturated heterocycles. The summed E-state index contributed by atoms with van der Waals surface area (Å²) in [7, 11) is 0. The highest BCUT2D eigenvalue weighted by molar-refractivity contribution is 6.28. The fourth-order valence-electron chi connectivity index (χ4n) is 1.35. The van der Waals surface area contributed by atoms with Crippen molar-refractivity contribution in [1.82, 2.24) is 24.9 Å². The number of hydrogen-bond donors (Lipinski definition) is 1. The second kappa shape index (κ2) is 6.42. The molecule has 0 spiro atoms. The van der Waals surface area contributed by atoms with Crippen molar-refractivity contribution in [2.24, 2.45) is 0 Å². The minimum Gasteiger partial charge on any atom is -0.461 e. The zero-order valence-corrected chi connectivity index (χ0v) is 12.2. The molecule has 0 atom stereocenters. The Bertz CT molecular complexity index is 575. The average molecular weight is 295 g/mol. The van der Waals surface area contributed by atoms with Crippen LogP contribution in [0, 0.1) is 6.92 Å². The van der Waals surface area contributed by atoms with Gasteiger partial charge in [0.05, 0.1) is 30.2 Å². The number of aromatic nitrogens is 5. The van der Waals surface area contributed by atoms with Gasteiger partial charge in [0.2, 0.25) is 11.2 Å². The summed E-state index contributed by atoms with van der Waals surface area (Å²) in [5, 5.41) is 3.08. The molecule has 2 rings (SSSR count). The van der Waals surface area contributed by atoms with E-state index in [1.54, 1.807) is 12.4 Å². The van der Waals surface area contributed by atoms with Gasteiger partial charge >= 0.3 is 6.01 Å². The van der Waals surface area contributed by atoms with Gasteiger partial charge in [-0.25, -0.2) is 0 Å². The molecule has 2 aromatic rings. The number of nitrogens with one attached hydrogen (secondary N) is 1. The molecule has 0 amide bonds. The van der Waals surface area contributed by atoms with Gasteiger partial charge in [-0.1, -0.05) is 0 Å². The number of rotatable bonds is 5. The molecule has 2 heterocycles. The lowest BCUT2D eigenvalue weighted by Gasteiger charge is -2.09. The standard InChI is InChI=1S/C12H15ClN6O/c1-7(2)20-12-18-10(13)17-11(19-12)16-6-9-5-14-8(3)4-15-9/h4-5,7H,6H2,1-3H3,(H,16,17,18,19). The molecule has 0 radical (unpaired) electrons. The van der Waals surface area contributed by atoms with Gasteiger partial charge in [-0.05, 0) is 32.4 Å². The van der Waals surface area contributed by atoms with Crippen LogP contribution in [0.15, 0.2) is 12.4 Å². The van der Waals surface area contributed by atoms with Crippen LogP contribution in [0.1, 0.15) is 25.2 Å². The Morgan fingerprint density at radius 1 is 1.20 bits per heavy atom. The number of halogens is 1. The Kier molecular flexibility index (Phi) is 4.62. The van der Waals surface area contributed by atoms with Crippen LogP contribution >= 0.6 is 11.6 Å². The lowest BCUT2D eigenvalue weighted by Crippen LogP contribution is -2.12. The fourth-order valence-corrected chi connectivity index (χ4v) is 1.51. The van der Waals surface area contributed by atoms with E-state index in [-0.39, 0.29) is 17.4 Å². The molecule has 0 bridgehead atoms. The molecule has 2 aromatic heterocycles. The van der Waals surface area contributed by atoms with Crippen molar-refractivity contribution in [1.29, 1.82) is 0 Å². The molecule has 0 aliphatic heterocycles. The van der Waals surface area contributed by atoms with Crippen molar-refractivity contribution in [3.05, 3.63) is 29.1 Å². The zero-order valence-electron chi connectivity index (χ0n) is 11.5. The Labute approximate surface area is 121 Å². The Morgan fingerprint density at radius 2 is 2.00 bits per heavy atom. The number of anilines is 1. The quantitative estimate of drug-likeness (QED) is 0.903. The van der Waals surface area contributed by atoms with E-state index in [4.69, 9.17) is 16.3 Å².